The first-order valence-electron chi connectivity index (χ1n) is 3.99. The topological polar surface area (TPSA) is 92.9 Å². The average molecular weight is 214 g/mol. The van der Waals surface area contributed by atoms with Crippen LogP contribution in [0.4, 0.5) is 11.5 Å². The zero-order valence-electron chi connectivity index (χ0n) is 7.12. The molecule has 0 spiro atoms. The molecule has 1 aromatic rings. The second-order valence-electron chi connectivity index (χ2n) is 2.88. The summed E-state index contributed by atoms with van der Waals surface area (Å²) in [6.07, 6.45) is 1.44. The van der Waals surface area contributed by atoms with Crippen molar-refractivity contribution in [3.8, 4) is 0 Å². The molecule has 0 aromatic carbocycles. The summed E-state index contributed by atoms with van der Waals surface area (Å²) in [5.41, 5.74) is 6.03. The fourth-order valence-corrected chi connectivity index (χ4v) is 1.24. The monoisotopic (exact) mass is 213 g/mol. The van der Waals surface area contributed by atoms with Crippen LogP contribution >= 0.6 is 11.6 Å². The summed E-state index contributed by atoms with van der Waals surface area (Å²) in [4.78, 5) is 19.0. The number of nitrogens with two attached hydrogens (primary N) is 1. The Bertz CT molecular complexity index is 382. The Morgan fingerprint density at radius 2 is 2.43 bits per heavy atom. The van der Waals surface area contributed by atoms with E-state index in [0.29, 0.717) is 18.1 Å². The van der Waals surface area contributed by atoms with Crippen molar-refractivity contribution in [3.05, 3.63) is 11.5 Å². The molecule has 6 nitrogen and oxygen atoms in total. The third-order valence-electron chi connectivity index (χ3n) is 1.84. The van der Waals surface area contributed by atoms with Crippen molar-refractivity contribution in [2.45, 2.75) is 6.04 Å². The number of fused-ring (bicyclic) bond motifs is 1. The van der Waals surface area contributed by atoms with E-state index in [1.54, 1.807) is 0 Å². The number of hydrogen-bond donors (Lipinski definition) is 3. The van der Waals surface area contributed by atoms with Crippen LogP contribution in [0.15, 0.2) is 6.20 Å². The number of amides is 1. The maximum absolute atomic E-state index is 11.3. The van der Waals surface area contributed by atoms with Gasteiger partial charge in [-0.05, 0) is 11.6 Å². The minimum atomic E-state index is -0.594. The summed E-state index contributed by atoms with van der Waals surface area (Å²) in [6.45, 7) is 0.326. The Morgan fingerprint density at radius 3 is 3.21 bits per heavy atom. The first-order chi connectivity index (χ1) is 6.66. The third-order valence-corrected chi connectivity index (χ3v) is 2.03. The van der Waals surface area contributed by atoms with Crippen LogP contribution < -0.4 is 16.4 Å². The highest BCUT2D eigenvalue weighted by Crippen LogP contribution is 2.21. The van der Waals surface area contributed by atoms with Crippen LogP contribution in [0.2, 0.25) is 5.28 Å². The summed E-state index contributed by atoms with van der Waals surface area (Å²) in [6, 6.07) is -0.594. The van der Waals surface area contributed by atoms with Gasteiger partial charge in [0.1, 0.15) is 11.7 Å². The lowest BCUT2D eigenvalue weighted by Crippen LogP contribution is -2.39. The molecular weight excluding hydrogens is 206 g/mol. The zero-order chi connectivity index (χ0) is 10.1. The Labute approximate surface area is 84.9 Å². The maximum atomic E-state index is 11.3. The van der Waals surface area contributed by atoms with Gasteiger partial charge in [-0.25, -0.2) is 4.98 Å². The first kappa shape index (κ1) is 9.17. The summed E-state index contributed by atoms with van der Waals surface area (Å²) in [5, 5.41) is 5.62. The van der Waals surface area contributed by atoms with E-state index >= 15 is 0 Å². The molecule has 0 radical (unpaired) electrons. The fraction of sp³-hybridized carbons (Fsp3) is 0.286. The largest absolute Gasteiger partial charge is 0.366 e. The molecule has 1 aliphatic rings. The number of rotatable bonds is 0. The SMILES string of the molecule is N[C@H]1CNc2nc(Cl)ncc2NC1=O. The number of nitrogens with zero attached hydrogens (tertiary/aromatic N) is 2. The molecular formula is C7H8ClN5O. The molecule has 2 rings (SSSR count). The number of anilines is 2. The number of halogens is 1. The predicted octanol–water partition coefficient (Wildman–Crippen LogP) is -0.179. The van der Waals surface area contributed by atoms with Gasteiger partial charge in [0.2, 0.25) is 11.2 Å². The minimum absolute atomic E-state index is 0.126. The summed E-state index contributed by atoms with van der Waals surface area (Å²) < 4.78 is 0. The smallest absolute Gasteiger partial charge is 0.243 e. The summed E-state index contributed by atoms with van der Waals surface area (Å²) in [5.74, 6) is 0.230. The quantitative estimate of drug-likeness (QED) is 0.520. The van der Waals surface area contributed by atoms with Gasteiger partial charge in [0.25, 0.3) is 0 Å². The molecule has 2 heterocycles. The van der Waals surface area contributed by atoms with Crippen molar-refractivity contribution in [1.29, 1.82) is 0 Å². The van der Waals surface area contributed by atoms with Gasteiger partial charge in [0, 0.05) is 6.54 Å². The Hall–Kier alpha value is -1.40. The third kappa shape index (κ3) is 1.61. The van der Waals surface area contributed by atoms with E-state index in [4.69, 9.17) is 17.3 Å². The van der Waals surface area contributed by atoms with E-state index in [-0.39, 0.29) is 11.2 Å². The van der Waals surface area contributed by atoms with E-state index in [2.05, 4.69) is 20.6 Å². The highest BCUT2D eigenvalue weighted by Gasteiger charge is 2.20. The van der Waals surface area contributed by atoms with Gasteiger partial charge in [-0.15, -0.1) is 0 Å². The van der Waals surface area contributed by atoms with Crippen LogP contribution in [0.25, 0.3) is 0 Å². The van der Waals surface area contributed by atoms with Crippen LogP contribution in [-0.2, 0) is 4.79 Å². The minimum Gasteiger partial charge on any atom is -0.366 e. The van der Waals surface area contributed by atoms with Crippen molar-refractivity contribution >= 4 is 29.0 Å². The van der Waals surface area contributed by atoms with E-state index < -0.39 is 6.04 Å². The standard InChI is InChI=1S/C7H8ClN5O/c8-7-11-2-4-5(13-7)10-1-3(9)6(14)12-4/h2-3H,1,9H2,(H,12,14)(H,10,11,13)/t3-/m0/s1. The van der Waals surface area contributed by atoms with Crippen LogP contribution in [0.3, 0.4) is 0 Å². The molecule has 7 heteroatoms. The van der Waals surface area contributed by atoms with Gasteiger partial charge in [0.05, 0.1) is 6.20 Å². The molecule has 0 saturated carbocycles. The van der Waals surface area contributed by atoms with Gasteiger partial charge >= 0.3 is 0 Å². The number of hydrogen-bond acceptors (Lipinski definition) is 5. The molecule has 4 N–H and O–H groups in total. The van der Waals surface area contributed by atoms with Crippen LogP contribution in [0, 0.1) is 0 Å². The molecule has 1 aliphatic heterocycles. The molecule has 0 unspecified atom stereocenters. The van der Waals surface area contributed by atoms with Gasteiger partial charge in [-0.1, -0.05) is 0 Å². The molecule has 0 fully saturated rings. The molecule has 0 aliphatic carbocycles. The van der Waals surface area contributed by atoms with Crippen molar-refractivity contribution in [2.75, 3.05) is 17.2 Å². The lowest BCUT2D eigenvalue weighted by atomic mass is 10.3. The Balaban J connectivity index is 2.37. The van der Waals surface area contributed by atoms with Crippen LogP contribution in [0.1, 0.15) is 0 Å². The highest BCUT2D eigenvalue weighted by atomic mass is 35.5. The maximum Gasteiger partial charge on any atom is 0.243 e. The van der Waals surface area contributed by atoms with E-state index in [1.807, 2.05) is 0 Å². The van der Waals surface area contributed by atoms with Crippen LogP contribution in [-0.4, -0.2) is 28.5 Å². The summed E-state index contributed by atoms with van der Waals surface area (Å²) >= 11 is 5.60. The number of carbonyl (C=O) groups excluding carboxylic acids is 1. The lowest BCUT2D eigenvalue weighted by molar-refractivity contribution is -0.117. The molecule has 0 bridgehead atoms. The Kier molecular flexibility index (Phi) is 2.22. The molecule has 1 amide bonds. The van der Waals surface area contributed by atoms with E-state index in [1.165, 1.54) is 6.20 Å². The van der Waals surface area contributed by atoms with Crippen molar-refractivity contribution < 1.29 is 4.79 Å². The van der Waals surface area contributed by atoms with Crippen molar-refractivity contribution in [2.24, 2.45) is 5.73 Å². The molecule has 0 saturated heterocycles. The molecule has 74 valence electrons. The van der Waals surface area contributed by atoms with Gasteiger partial charge < -0.3 is 16.4 Å². The van der Waals surface area contributed by atoms with E-state index in [9.17, 15) is 4.79 Å². The summed E-state index contributed by atoms with van der Waals surface area (Å²) in [7, 11) is 0. The van der Waals surface area contributed by atoms with Gasteiger partial charge in [-0.3, -0.25) is 4.79 Å². The van der Waals surface area contributed by atoms with Gasteiger partial charge in [-0.2, -0.15) is 4.98 Å². The van der Waals surface area contributed by atoms with E-state index in [0.717, 1.165) is 0 Å². The predicted molar refractivity (Wildman–Crippen MR) is 52.1 cm³/mol. The second-order valence-corrected chi connectivity index (χ2v) is 3.22. The van der Waals surface area contributed by atoms with Crippen molar-refractivity contribution in [1.82, 2.24) is 9.97 Å². The van der Waals surface area contributed by atoms with Crippen LogP contribution in [0.5, 0.6) is 0 Å². The number of nitrogens with one attached hydrogen (secondary N) is 2. The average Bonchev–Trinajstić information content (AvgIpc) is 2.29. The fourth-order valence-electron chi connectivity index (χ4n) is 1.11. The molecule has 1 atom stereocenters. The Morgan fingerprint density at radius 1 is 1.64 bits per heavy atom. The number of aromatic nitrogens is 2. The van der Waals surface area contributed by atoms with Gasteiger partial charge in [0.15, 0.2) is 5.82 Å². The molecule has 14 heavy (non-hydrogen) atoms. The molecule has 1 aromatic heterocycles. The highest BCUT2D eigenvalue weighted by molar-refractivity contribution is 6.28. The van der Waals surface area contributed by atoms with Crippen molar-refractivity contribution in [3.63, 3.8) is 0 Å². The normalized spacial score (nSPS) is 20.4. The zero-order valence-corrected chi connectivity index (χ0v) is 7.88. The number of carbonyl (C=O) groups is 1. The first-order valence-corrected chi connectivity index (χ1v) is 4.37. The second kappa shape index (κ2) is 3.39. The lowest BCUT2D eigenvalue weighted by Gasteiger charge is -2.04.